The highest BCUT2D eigenvalue weighted by atomic mass is 79.9. The molecule has 0 aliphatic heterocycles. The zero-order valence-electron chi connectivity index (χ0n) is 12.5. The molecule has 0 bridgehead atoms. The molecule has 4 heteroatoms. The first-order valence-corrected chi connectivity index (χ1v) is 8.29. The van der Waals surface area contributed by atoms with E-state index in [1.54, 1.807) is 0 Å². The van der Waals surface area contributed by atoms with Crippen LogP contribution in [0.2, 0.25) is 0 Å². The molecule has 3 rings (SSSR count). The van der Waals surface area contributed by atoms with E-state index in [2.05, 4.69) is 56.9 Å². The van der Waals surface area contributed by atoms with Crippen LogP contribution >= 0.6 is 15.9 Å². The van der Waals surface area contributed by atoms with Crippen LogP contribution in [-0.2, 0) is 17.8 Å². The van der Waals surface area contributed by atoms with E-state index in [1.165, 1.54) is 23.6 Å². The maximum Gasteiger partial charge on any atom is 0.221 e. The molecule has 0 spiro atoms. The normalized spacial score (nSPS) is 16.4. The summed E-state index contributed by atoms with van der Waals surface area (Å²) in [5.41, 5.74) is 4.91. The molecule has 2 aromatic rings. The van der Waals surface area contributed by atoms with Gasteiger partial charge in [-0.25, -0.2) is 0 Å². The largest absolute Gasteiger partial charge is 0.326 e. The van der Waals surface area contributed by atoms with E-state index in [0.29, 0.717) is 6.04 Å². The first-order chi connectivity index (χ1) is 10.6. The molecule has 1 aliphatic rings. The van der Waals surface area contributed by atoms with Crippen LogP contribution in [0.1, 0.15) is 36.1 Å². The number of amides is 1. The fourth-order valence-corrected chi connectivity index (χ4v) is 3.36. The maximum absolute atomic E-state index is 11.0. The molecular weight excluding hydrogens is 340 g/mol. The van der Waals surface area contributed by atoms with E-state index in [4.69, 9.17) is 0 Å². The Morgan fingerprint density at radius 3 is 2.73 bits per heavy atom. The number of fused-ring (bicyclic) bond motifs is 1. The Bertz CT molecular complexity index is 682. The number of carbonyl (C=O) groups excluding carboxylic acids is 1. The van der Waals surface area contributed by atoms with Gasteiger partial charge in [-0.2, -0.15) is 0 Å². The molecule has 0 fully saturated rings. The summed E-state index contributed by atoms with van der Waals surface area (Å²) in [6.07, 6.45) is 2.28. The van der Waals surface area contributed by atoms with Crippen LogP contribution in [0, 0.1) is 0 Å². The number of aryl methyl sites for hydroxylation is 1. The van der Waals surface area contributed by atoms with E-state index in [9.17, 15) is 4.79 Å². The third kappa shape index (κ3) is 3.57. The molecule has 0 heterocycles. The second-order valence-corrected chi connectivity index (χ2v) is 6.61. The van der Waals surface area contributed by atoms with Gasteiger partial charge in [0.25, 0.3) is 0 Å². The number of carbonyl (C=O) groups is 1. The van der Waals surface area contributed by atoms with Gasteiger partial charge in [0.15, 0.2) is 0 Å². The van der Waals surface area contributed by atoms with Gasteiger partial charge in [0.05, 0.1) is 0 Å². The van der Waals surface area contributed by atoms with Crippen molar-refractivity contribution in [3.05, 3.63) is 63.6 Å². The highest BCUT2D eigenvalue weighted by Crippen LogP contribution is 2.33. The Kier molecular flexibility index (Phi) is 4.60. The Morgan fingerprint density at radius 1 is 1.23 bits per heavy atom. The minimum Gasteiger partial charge on any atom is -0.326 e. The summed E-state index contributed by atoms with van der Waals surface area (Å²) in [7, 11) is 0. The van der Waals surface area contributed by atoms with Crippen molar-refractivity contribution in [3.8, 4) is 0 Å². The first-order valence-electron chi connectivity index (χ1n) is 7.50. The van der Waals surface area contributed by atoms with Crippen LogP contribution in [0.4, 0.5) is 5.69 Å². The van der Waals surface area contributed by atoms with Gasteiger partial charge in [0.1, 0.15) is 0 Å². The Balaban J connectivity index is 1.61. The predicted molar refractivity (Wildman–Crippen MR) is 92.8 cm³/mol. The van der Waals surface area contributed by atoms with E-state index in [0.717, 1.165) is 29.5 Å². The molecule has 1 atom stereocenters. The minimum atomic E-state index is -0.0420. The zero-order chi connectivity index (χ0) is 15.5. The van der Waals surface area contributed by atoms with E-state index < -0.39 is 0 Å². The maximum atomic E-state index is 11.0. The molecule has 0 unspecified atom stereocenters. The molecular formula is C18H19BrN2O. The Labute approximate surface area is 139 Å². The number of hydrogen-bond donors (Lipinski definition) is 2. The molecule has 2 aromatic carbocycles. The molecule has 1 amide bonds. The quantitative estimate of drug-likeness (QED) is 0.860. The minimum absolute atomic E-state index is 0.0420. The number of anilines is 1. The van der Waals surface area contributed by atoms with Crippen LogP contribution in [-0.4, -0.2) is 5.91 Å². The number of hydrogen-bond acceptors (Lipinski definition) is 2. The summed E-state index contributed by atoms with van der Waals surface area (Å²) in [6.45, 7) is 2.35. The standard InChI is InChI=1S/C18H19BrN2O/c1-12(22)21-16-6-2-13(3-7-16)11-20-18-9-4-14-10-15(19)5-8-17(14)18/h2-3,5-8,10,18,20H,4,9,11H2,1H3,(H,21,22)/t18-/m1/s1. The summed E-state index contributed by atoms with van der Waals surface area (Å²) < 4.78 is 1.15. The van der Waals surface area contributed by atoms with Crippen LogP contribution < -0.4 is 10.6 Å². The lowest BCUT2D eigenvalue weighted by Crippen LogP contribution is -2.18. The van der Waals surface area contributed by atoms with Crippen molar-refractivity contribution in [2.45, 2.75) is 32.4 Å². The molecule has 3 nitrogen and oxygen atoms in total. The number of benzene rings is 2. The van der Waals surface area contributed by atoms with Crippen LogP contribution in [0.5, 0.6) is 0 Å². The highest BCUT2D eigenvalue weighted by Gasteiger charge is 2.21. The van der Waals surface area contributed by atoms with Gasteiger partial charge < -0.3 is 10.6 Å². The van der Waals surface area contributed by atoms with Crippen LogP contribution in [0.3, 0.4) is 0 Å². The van der Waals surface area contributed by atoms with Crippen molar-refractivity contribution in [2.24, 2.45) is 0 Å². The van der Waals surface area contributed by atoms with E-state index in [1.807, 2.05) is 12.1 Å². The summed E-state index contributed by atoms with van der Waals surface area (Å²) in [4.78, 5) is 11.0. The van der Waals surface area contributed by atoms with Gasteiger partial charge in [0.2, 0.25) is 5.91 Å². The monoisotopic (exact) mass is 358 g/mol. The molecule has 22 heavy (non-hydrogen) atoms. The lowest BCUT2D eigenvalue weighted by Gasteiger charge is -2.14. The van der Waals surface area contributed by atoms with Gasteiger partial charge in [0, 0.05) is 29.7 Å². The summed E-state index contributed by atoms with van der Waals surface area (Å²) in [6, 6.07) is 15.0. The van der Waals surface area contributed by atoms with E-state index >= 15 is 0 Å². The second-order valence-electron chi connectivity index (χ2n) is 5.69. The Hall–Kier alpha value is -1.65. The number of nitrogens with one attached hydrogen (secondary N) is 2. The number of halogens is 1. The highest BCUT2D eigenvalue weighted by molar-refractivity contribution is 9.10. The smallest absolute Gasteiger partial charge is 0.221 e. The van der Waals surface area contributed by atoms with Crippen molar-refractivity contribution in [1.82, 2.24) is 5.32 Å². The van der Waals surface area contributed by atoms with Crippen molar-refractivity contribution in [1.29, 1.82) is 0 Å². The zero-order valence-corrected chi connectivity index (χ0v) is 14.1. The molecule has 2 N–H and O–H groups in total. The molecule has 0 saturated heterocycles. The topological polar surface area (TPSA) is 41.1 Å². The molecule has 1 aliphatic carbocycles. The third-order valence-electron chi connectivity index (χ3n) is 4.01. The number of rotatable bonds is 4. The predicted octanol–water partition coefficient (Wildman–Crippen LogP) is 4.18. The third-order valence-corrected chi connectivity index (χ3v) is 4.50. The average Bonchev–Trinajstić information content (AvgIpc) is 2.88. The molecule has 0 aromatic heterocycles. The van der Waals surface area contributed by atoms with Gasteiger partial charge >= 0.3 is 0 Å². The fraction of sp³-hybridized carbons (Fsp3) is 0.278. The lowest BCUT2D eigenvalue weighted by molar-refractivity contribution is -0.114. The van der Waals surface area contributed by atoms with Gasteiger partial charge in [-0.15, -0.1) is 0 Å². The lowest BCUT2D eigenvalue weighted by atomic mass is 10.1. The average molecular weight is 359 g/mol. The van der Waals surface area contributed by atoms with E-state index in [-0.39, 0.29) is 5.91 Å². The summed E-state index contributed by atoms with van der Waals surface area (Å²) in [5, 5.41) is 6.41. The summed E-state index contributed by atoms with van der Waals surface area (Å²) >= 11 is 3.53. The molecule has 114 valence electrons. The molecule has 0 saturated carbocycles. The van der Waals surface area contributed by atoms with Crippen LogP contribution in [0.15, 0.2) is 46.9 Å². The van der Waals surface area contributed by atoms with Crippen molar-refractivity contribution in [2.75, 3.05) is 5.32 Å². The van der Waals surface area contributed by atoms with Gasteiger partial charge in [-0.1, -0.05) is 34.1 Å². The summed E-state index contributed by atoms with van der Waals surface area (Å²) in [5.74, 6) is -0.0420. The Morgan fingerprint density at radius 2 is 2.00 bits per heavy atom. The fourth-order valence-electron chi connectivity index (χ4n) is 2.95. The molecule has 0 radical (unpaired) electrons. The van der Waals surface area contributed by atoms with Crippen molar-refractivity contribution in [3.63, 3.8) is 0 Å². The van der Waals surface area contributed by atoms with Crippen LogP contribution in [0.25, 0.3) is 0 Å². The van der Waals surface area contributed by atoms with Gasteiger partial charge in [-0.05, 0) is 53.8 Å². The SMILES string of the molecule is CC(=O)Nc1ccc(CN[C@@H]2CCc3cc(Br)ccc32)cc1. The van der Waals surface area contributed by atoms with Crippen molar-refractivity contribution >= 4 is 27.5 Å². The first kappa shape index (κ1) is 15.3. The second kappa shape index (κ2) is 6.63. The van der Waals surface area contributed by atoms with Crippen molar-refractivity contribution < 1.29 is 4.79 Å². The van der Waals surface area contributed by atoms with Gasteiger partial charge in [-0.3, -0.25) is 4.79 Å².